The van der Waals surface area contributed by atoms with E-state index in [1.807, 2.05) is 0 Å². The van der Waals surface area contributed by atoms with Crippen LogP contribution in [0.5, 0.6) is 0 Å². The lowest BCUT2D eigenvalue weighted by atomic mass is 10.1. The Bertz CT molecular complexity index is 346. The van der Waals surface area contributed by atoms with Gasteiger partial charge in [-0.1, -0.05) is 69.1 Å². The summed E-state index contributed by atoms with van der Waals surface area (Å²) in [4.78, 5) is 10.9. The molecule has 0 aromatic carbocycles. The third-order valence-electron chi connectivity index (χ3n) is 3.44. The molecule has 0 atom stereocenters. The summed E-state index contributed by atoms with van der Waals surface area (Å²) in [6, 6.07) is 0. The maximum Gasteiger partial charge on any atom is 0.315 e. The maximum absolute atomic E-state index is 10.9. The summed E-state index contributed by atoms with van der Waals surface area (Å²) in [6.45, 7) is 2.70. The standard InChI is InChI=1S/C20H34O2S/c1-2-3-4-5-6-7-8-9-10-11-12-13-14-15-16-17-18-22-20(21)19-23/h3-4,6-7,9-10,23H,2,5,8,11-19H2,1H3. The molecule has 0 spiro atoms. The smallest absolute Gasteiger partial charge is 0.315 e. The molecular weight excluding hydrogens is 304 g/mol. The summed E-state index contributed by atoms with van der Waals surface area (Å²) in [6.07, 6.45) is 25.0. The van der Waals surface area contributed by atoms with Crippen LogP contribution in [0.1, 0.15) is 71.1 Å². The van der Waals surface area contributed by atoms with Crippen LogP contribution in [-0.2, 0) is 9.53 Å². The first-order valence-corrected chi connectivity index (χ1v) is 9.66. The van der Waals surface area contributed by atoms with Gasteiger partial charge in [0.15, 0.2) is 0 Å². The molecule has 0 aromatic heterocycles. The van der Waals surface area contributed by atoms with Gasteiger partial charge in [-0.2, -0.15) is 12.6 Å². The van der Waals surface area contributed by atoms with Gasteiger partial charge in [-0.15, -0.1) is 0 Å². The van der Waals surface area contributed by atoms with Gasteiger partial charge in [0.1, 0.15) is 0 Å². The summed E-state index contributed by atoms with van der Waals surface area (Å²) >= 11 is 3.86. The Kier molecular flexibility index (Phi) is 18.3. The van der Waals surface area contributed by atoms with Crippen LogP contribution in [0.4, 0.5) is 0 Å². The van der Waals surface area contributed by atoms with Crippen molar-refractivity contribution in [3.8, 4) is 0 Å². The Labute approximate surface area is 148 Å². The molecule has 0 heterocycles. The highest BCUT2D eigenvalue weighted by atomic mass is 32.1. The van der Waals surface area contributed by atoms with Gasteiger partial charge in [0.05, 0.1) is 12.4 Å². The van der Waals surface area contributed by atoms with E-state index in [0.29, 0.717) is 6.61 Å². The van der Waals surface area contributed by atoms with E-state index in [2.05, 4.69) is 56.0 Å². The van der Waals surface area contributed by atoms with Crippen molar-refractivity contribution in [2.45, 2.75) is 71.1 Å². The monoisotopic (exact) mass is 338 g/mol. The Hall–Kier alpha value is -0.960. The van der Waals surface area contributed by atoms with Crippen molar-refractivity contribution >= 4 is 18.6 Å². The SMILES string of the molecule is CCC=CCC=CCC=CCCCCCCCCOC(=O)CS. The van der Waals surface area contributed by atoms with E-state index in [1.165, 1.54) is 32.1 Å². The van der Waals surface area contributed by atoms with Crippen molar-refractivity contribution < 1.29 is 9.53 Å². The summed E-state index contributed by atoms with van der Waals surface area (Å²) < 4.78 is 4.98. The topological polar surface area (TPSA) is 26.3 Å². The van der Waals surface area contributed by atoms with E-state index in [4.69, 9.17) is 4.74 Å². The van der Waals surface area contributed by atoms with Crippen LogP contribution in [0, 0.1) is 0 Å². The fourth-order valence-electron chi connectivity index (χ4n) is 2.13. The van der Waals surface area contributed by atoms with Crippen molar-refractivity contribution in [1.82, 2.24) is 0 Å². The molecule has 0 aromatic rings. The third-order valence-corrected chi connectivity index (χ3v) is 3.70. The molecule has 0 aliphatic heterocycles. The number of carbonyl (C=O) groups is 1. The van der Waals surface area contributed by atoms with Gasteiger partial charge in [0, 0.05) is 0 Å². The third kappa shape index (κ3) is 19.0. The highest BCUT2D eigenvalue weighted by Gasteiger charge is 1.97. The van der Waals surface area contributed by atoms with Crippen LogP contribution >= 0.6 is 12.6 Å². The molecule has 0 radical (unpaired) electrons. The molecule has 0 aliphatic carbocycles. The molecule has 2 nitrogen and oxygen atoms in total. The van der Waals surface area contributed by atoms with E-state index in [0.717, 1.165) is 32.1 Å². The molecule has 0 rings (SSSR count). The Morgan fingerprint density at radius 2 is 1.39 bits per heavy atom. The molecule has 0 saturated carbocycles. The Morgan fingerprint density at radius 3 is 2.04 bits per heavy atom. The van der Waals surface area contributed by atoms with Crippen LogP contribution in [0.2, 0.25) is 0 Å². The van der Waals surface area contributed by atoms with E-state index < -0.39 is 0 Å². The number of thiol groups is 1. The molecule has 0 saturated heterocycles. The van der Waals surface area contributed by atoms with Crippen LogP contribution < -0.4 is 0 Å². The second-order valence-electron chi connectivity index (χ2n) is 5.58. The average molecular weight is 339 g/mol. The maximum atomic E-state index is 10.9. The highest BCUT2D eigenvalue weighted by molar-refractivity contribution is 7.81. The van der Waals surface area contributed by atoms with Gasteiger partial charge >= 0.3 is 5.97 Å². The molecule has 0 fully saturated rings. The minimum atomic E-state index is -0.215. The Balaban J connectivity index is 3.22. The lowest BCUT2D eigenvalue weighted by Crippen LogP contribution is -2.06. The molecule has 132 valence electrons. The second kappa shape index (κ2) is 19.1. The molecule has 3 heteroatoms. The van der Waals surface area contributed by atoms with Gasteiger partial charge in [0.2, 0.25) is 0 Å². The zero-order valence-corrected chi connectivity index (χ0v) is 15.6. The summed E-state index contributed by atoms with van der Waals surface area (Å²) in [7, 11) is 0. The minimum Gasteiger partial charge on any atom is -0.465 e. The lowest BCUT2D eigenvalue weighted by Gasteiger charge is -2.03. The zero-order valence-electron chi connectivity index (χ0n) is 14.7. The Morgan fingerprint density at radius 1 is 0.826 bits per heavy atom. The fraction of sp³-hybridized carbons (Fsp3) is 0.650. The molecular formula is C20H34O2S. The predicted octanol–water partition coefficient (Wildman–Crippen LogP) is 6.05. The quantitative estimate of drug-likeness (QED) is 0.170. The van der Waals surface area contributed by atoms with E-state index in [9.17, 15) is 4.79 Å². The predicted molar refractivity (Wildman–Crippen MR) is 104 cm³/mol. The fourth-order valence-corrected chi connectivity index (χ4v) is 2.22. The average Bonchev–Trinajstić information content (AvgIpc) is 2.57. The van der Waals surface area contributed by atoms with Gasteiger partial charge in [0.25, 0.3) is 0 Å². The summed E-state index contributed by atoms with van der Waals surface area (Å²) in [5.41, 5.74) is 0. The number of carbonyl (C=O) groups excluding carboxylic acids is 1. The van der Waals surface area contributed by atoms with Crippen molar-refractivity contribution in [1.29, 1.82) is 0 Å². The number of esters is 1. The normalized spacial score (nSPS) is 11.9. The van der Waals surface area contributed by atoms with Crippen molar-refractivity contribution in [3.05, 3.63) is 36.5 Å². The number of unbranched alkanes of at least 4 members (excludes halogenated alkanes) is 6. The highest BCUT2D eigenvalue weighted by Crippen LogP contribution is 2.08. The van der Waals surface area contributed by atoms with Gasteiger partial charge in [-0.3, -0.25) is 4.79 Å². The molecule has 0 bridgehead atoms. The molecule has 0 N–H and O–H groups in total. The van der Waals surface area contributed by atoms with Crippen LogP contribution in [0.15, 0.2) is 36.5 Å². The van der Waals surface area contributed by atoms with E-state index in [-0.39, 0.29) is 11.7 Å². The second-order valence-corrected chi connectivity index (χ2v) is 5.90. The molecule has 0 aliphatic rings. The van der Waals surface area contributed by atoms with Gasteiger partial charge in [-0.05, 0) is 38.5 Å². The van der Waals surface area contributed by atoms with E-state index >= 15 is 0 Å². The van der Waals surface area contributed by atoms with Crippen LogP contribution in [-0.4, -0.2) is 18.3 Å². The molecule has 0 amide bonds. The largest absolute Gasteiger partial charge is 0.465 e. The summed E-state index contributed by atoms with van der Waals surface area (Å²) in [5, 5.41) is 0. The summed E-state index contributed by atoms with van der Waals surface area (Å²) in [5.74, 6) is -0.0356. The first-order valence-electron chi connectivity index (χ1n) is 9.02. The van der Waals surface area contributed by atoms with Crippen molar-refractivity contribution in [3.63, 3.8) is 0 Å². The first-order chi connectivity index (χ1) is 11.3. The van der Waals surface area contributed by atoms with Crippen molar-refractivity contribution in [2.24, 2.45) is 0 Å². The number of hydrogen-bond donors (Lipinski definition) is 1. The minimum absolute atomic E-state index is 0.180. The lowest BCUT2D eigenvalue weighted by molar-refractivity contribution is -0.140. The number of allylic oxidation sites excluding steroid dienone is 6. The first kappa shape index (κ1) is 22.0. The van der Waals surface area contributed by atoms with Crippen molar-refractivity contribution in [2.75, 3.05) is 12.4 Å². The van der Waals surface area contributed by atoms with Gasteiger partial charge < -0.3 is 4.74 Å². The van der Waals surface area contributed by atoms with Crippen LogP contribution in [0.25, 0.3) is 0 Å². The number of rotatable bonds is 15. The van der Waals surface area contributed by atoms with E-state index in [1.54, 1.807) is 0 Å². The molecule has 0 unspecified atom stereocenters. The zero-order chi connectivity index (χ0) is 17.0. The number of hydrogen-bond acceptors (Lipinski definition) is 3. The van der Waals surface area contributed by atoms with Gasteiger partial charge in [-0.25, -0.2) is 0 Å². The number of ether oxygens (including phenoxy) is 1. The molecule has 23 heavy (non-hydrogen) atoms. The van der Waals surface area contributed by atoms with Crippen LogP contribution in [0.3, 0.4) is 0 Å².